The molecule has 4 nitrogen and oxygen atoms in total. The Labute approximate surface area is 127 Å². The van der Waals surface area contributed by atoms with Gasteiger partial charge < -0.3 is 10.6 Å². The van der Waals surface area contributed by atoms with Crippen LogP contribution in [0.5, 0.6) is 0 Å². The highest BCUT2D eigenvalue weighted by molar-refractivity contribution is 5.99. The Morgan fingerprint density at radius 3 is 2.57 bits per heavy atom. The fourth-order valence-electron chi connectivity index (χ4n) is 3.41. The minimum atomic E-state index is -0.00949. The number of amides is 1. The summed E-state index contributed by atoms with van der Waals surface area (Å²) < 4.78 is 0. The molecule has 0 aromatic carbocycles. The third-order valence-electron chi connectivity index (χ3n) is 4.17. The highest BCUT2D eigenvalue weighted by Gasteiger charge is 2.26. The molecule has 1 heterocycles. The van der Waals surface area contributed by atoms with Crippen molar-refractivity contribution in [2.75, 3.05) is 11.9 Å². The first kappa shape index (κ1) is 15.8. The summed E-state index contributed by atoms with van der Waals surface area (Å²) in [6.45, 7) is 9.30. The molecule has 21 heavy (non-hydrogen) atoms. The number of nitrogens with zero attached hydrogens (tertiary/aromatic N) is 1. The second-order valence-corrected chi connectivity index (χ2v) is 6.49. The Morgan fingerprint density at radius 1 is 1.29 bits per heavy atom. The minimum Gasteiger partial charge on any atom is -0.385 e. The lowest BCUT2D eigenvalue weighted by atomic mass is 9.80. The van der Waals surface area contributed by atoms with Crippen molar-refractivity contribution >= 4 is 11.6 Å². The Balaban J connectivity index is 2.09. The molecule has 1 fully saturated rings. The van der Waals surface area contributed by atoms with Gasteiger partial charge in [-0.15, -0.1) is 0 Å². The van der Waals surface area contributed by atoms with Gasteiger partial charge >= 0.3 is 0 Å². The zero-order valence-corrected chi connectivity index (χ0v) is 13.6. The van der Waals surface area contributed by atoms with Crippen molar-refractivity contribution < 1.29 is 4.79 Å². The van der Waals surface area contributed by atoms with Gasteiger partial charge in [0.05, 0.1) is 11.3 Å². The molecule has 1 aliphatic rings. The Hall–Kier alpha value is -1.58. The molecule has 1 saturated carbocycles. The van der Waals surface area contributed by atoms with Crippen LogP contribution in [0, 0.1) is 18.8 Å². The summed E-state index contributed by atoms with van der Waals surface area (Å²) in [5, 5.41) is 6.45. The summed E-state index contributed by atoms with van der Waals surface area (Å²) in [6.07, 6.45) is 5.09. The van der Waals surface area contributed by atoms with E-state index in [1.165, 1.54) is 6.42 Å². The molecule has 1 aromatic rings. The molecule has 2 rings (SSSR count). The van der Waals surface area contributed by atoms with Gasteiger partial charge in [0.15, 0.2) is 0 Å². The summed E-state index contributed by atoms with van der Waals surface area (Å²) in [4.78, 5) is 16.8. The lowest BCUT2D eigenvalue weighted by molar-refractivity contribution is 0.0911. The molecule has 1 aliphatic carbocycles. The van der Waals surface area contributed by atoms with Gasteiger partial charge in [-0.2, -0.15) is 0 Å². The van der Waals surface area contributed by atoms with Crippen LogP contribution in [0.25, 0.3) is 0 Å². The molecule has 4 heteroatoms. The lowest BCUT2D eigenvalue weighted by Crippen LogP contribution is -2.40. The smallest absolute Gasteiger partial charge is 0.255 e. The van der Waals surface area contributed by atoms with Crippen LogP contribution in [0.4, 0.5) is 5.69 Å². The molecule has 0 aliphatic heterocycles. The Bertz CT molecular complexity index is 491. The standard InChI is InChI=1S/C17H27N3O/c1-5-18-16-9-13(4)19-10-15(16)17(21)20-14-7-11(2)6-12(3)8-14/h9-12,14H,5-8H2,1-4H3,(H,18,19)(H,20,21). The van der Waals surface area contributed by atoms with Crippen molar-refractivity contribution in [2.24, 2.45) is 11.8 Å². The first-order valence-corrected chi connectivity index (χ1v) is 8.01. The van der Waals surface area contributed by atoms with E-state index in [0.717, 1.165) is 30.8 Å². The second kappa shape index (κ2) is 6.92. The molecule has 0 radical (unpaired) electrons. The van der Waals surface area contributed by atoms with E-state index in [0.29, 0.717) is 17.4 Å². The fraction of sp³-hybridized carbons (Fsp3) is 0.647. The number of rotatable bonds is 4. The van der Waals surface area contributed by atoms with Crippen molar-refractivity contribution in [3.8, 4) is 0 Å². The van der Waals surface area contributed by atoms with Crippen molar-refractivity contribution in [1.29, 1.82) is 0 Å². The summed E-state index contributed by atoms with van der Waals surface area (Å²) in [5.74, 6) is 1.36. The summed E-state index contributed by atoms with van der Waals surface area (Å²) in [7, 11) is 0. The van der Waals surface area contributed by atoms with Crippen LogP contribution in [0.15, 0.2) is 12.3 Å². The van der Waals surface area contributed by atoms with Crippen LogP contribution in [-0.2, 0) is 0 Å². The SMILES string of the molecule is CCNc1cc(C)ncc1C(=O)NC1CC(C)CC(C)C1. The van der Waals surface area contributed by atoms with E-state index in [2.05, 4.69) is 29.5 Å². The number of anilines is 1. The van der Waals surface area contributed by atoms with Gasteiger partial charge in [0.25, 0.3) is 5.91 Å². The maximum absolute atomic E-state index is 12.5. The first-order valence-electron chi connectivity index (χ1n) is 8.01. The topological polar surface area (TPSA) is 54.0 Å². The van der Waals surface area contributed by atoms with Crippen LogP contribution >= 0.6 is 0 Å². The zero-order chi connectivity index (χ0) is 15.4. The maximum atomic E-state index is 12.5. The van der Waals surface area contributed by atoms with Crippen LogP contribution in [0.3, 0.4) is 0 Å². The quantitative estimate of drug-likeness (QED) is 0.893. The van der Waals surface area contributed by atoms with Crippen LogP contribution < -0.4 is 10.6 Å². The average Bonchev–Trinajstić information content (AvgIpc) is 2.37. The van der Waals surface area contributed by atoms with Crippen LogP contribution in [0.1, 0.15) is 56.1 Å². The van der Waals surface area contributed by atoms with Crippen LogP contribution in [-0.4, -0.2) is 23.5 Å². The van der Waals surface area contributed by atoms with Crippen molar-refractivity contribution in [2.45, 2.75) is 53.0 Å². The van der Waals surface area contributed by atoms with Gasteiger partial charge in [0, 0.05) is 24.5 Å². The highest BCUT2D eigenvalue weighted by Crippen LogP contribution is 2.29. The number of hydrogen-bond donors (Lipinski definition) is 2. The molecule has 0 spiro atoms. The first-order chi connectivity index (χ1) is 9.99. The average molecular weight is 289 g/mol. The van der Waals surface area contributed by atoms with E-state index < -0.39 is 0 Å². The summed E-state index contributed by atoms with van der Waals surface area (Å²) in [5.41, 5.74) is 2.44. The van der Waals surface area contributed by atoms with Gasteiger partial charge in [-0.25, -0.2) is 0 Å². The van der Waals surface area contributed by atoms with Crippen LogP contribution in [0.2, 0.25) is 0 Å². The van der Waals surface area contributed by atoms with Gasteiger partial charge in [-0.1, -0.05) is 13.8 Å². The molecule has 1 amide bonds. The van der Waals surface area contributed by atoms with E-state index in [4.69, 9.17) is 0 Å². The predicted molar refractivity (Wildman–Crippen MR) is 86.6 cm³/mol. The van der Waals surface area contributed by atoms with Gasteiger partial charge in [-0.3, -0.25) is 9.78 Å². The molecule has 2 N–H and O–H groups in total. The number of pyridine rings is 1. The molecular weight excluding hydrogens is 262 g/mol. The zero-order valence-electron chi connectivity index (χ0n) is 13.6. The van der Waals surface area contributed by atoms with Crippen molar-refractivity contribution in [3.63, 3.8) is 0 Å². The predicted octanol–water partition coefficient (Wildman–Crippen LogP) is 3.38. The summed E-state index contributed by atoms with van der Waals surface area (Å²) >= 11 is 0. The van der Waals surface area contributed by atoms with E-state index in [-0.39, 0.29) is 11.9 Å². The number of aryl methyl sites for hydroxylation is 1. The van der Waals surface area contributed by atoms with Crippen molar-refractivity contribution in [3.05, 3.63) is 23.5 Å². The van der Waals surface area contributed by atoms with E-state index in [9.17, 15) is 4.79 Å². The lowest BCUT2D eigenvalue weighted by Gasteiger charge is -2.32. The van der Waals surface area contributed by atoms with E-state index in [1.807, 2.05) is 19.9 Å². The number of carbonyl (C=O) groups is 1. The molecule has 2 atom stereocenters. The summed E-state index contributed by atoms with van der Waals surface area (Å²) in [6, 6.07) is 2.22. The number of hydrogen-bond acceptors (Lipinski definition) is 3. The molecule has 0 saturated heterocycles. The minimum absolute atomic E-state index is 0.00949. The monoisotopic (exact) mass is 289 g/mol. The highest BCUT2D eigenvalue weighted by atomic mass is 16.1. The Kier molecular flexibility index (Phi) is 5.21. The second-order valence-electron chi connectivity index (χ2n) is 6.49. The normalized spacial score (nSPS) is 25.4. The third-order valence-corrected chi connectivity index (χ3v) is 4.17. The number of nitrogens with one attached hydrogen (secondary N) is 2. The van der Waals surface area contributed by atoms with E-state index >= 15 is 0 Å². The maximum Gasteiger partial charge on any atom is 0.255 e. The molecule has 1 aromatic heterocycles. The van der Waals surface area contributed by atoms with E-state index in [1.54, 1.807) is 6.20 Å². The largest absolute Gasteiger partial charge is 0.385 e. The van der Waals surface area contributed by atoms with Gasteiger partial charge in [0.1, 0.15) is 0 Å². The fourth-order valence-corrected chi connectivity index (χ4v) is 3.41. The molecule has 2 unspecified atom stereocenters. The molecular formula is C17H27N3O. The number of aromatic nitrogens is 1. The third kappa shape index (κ3) is 4.19. The van der Waals surface area contributed by atoms with Gasteiger partial charge in [-0.05, 0) is 51.0 Å². The van der Waals surface area contributed by atoms with Crippen molar-refractivity contribution in [1.82, 2.24) is 10.3 Å². The van der Waals surface area contributed by atoms with Gasteiger partial charge in [0.2, 0.25) is 0 Å². The Morgan fingerprint density at radius 2 is 1.95 bits per heavy atom. The molecule has 116 valence electrons. The molecule has 0 bridgehead atoms. The number of carbonyl (C=O) groups excluding carboxylic acids is 1.